The van der Waals surface area contributed by atoms with Crippen molar-refractivity contribution in [2.75, 3.05) is 36.9 Å². The van der Waals surface area contributed by atoms with E-state index in [0.29, 0.717) is 17.4 Å². The molecule has 0 saturated heterocycles. The fourth-order valence-corrected chi connectivity index (χ4v) is 3.04. The number of primary amides is 1. The number of aromatic nitrogens is 2. The number of aliphatic hydroxyl groups is 2. The van der Waals surface area contributed by atoms with E-state index in [2.05, 4.69) is 20.6 Å². The van der Waals surface area contributed by atoms with E-state index < -0.39 is 35.1 Å². The Morgan fingerprint density at radius 1 is 1.06 bits per heavy atom. The van der Waals surface area contributed by atoms with Crippen molar-refractivity contribution >= 4 is 28.8 Å². The van der Waals surface area contributed by atoms with Gasteiger partial charge in [0.05, 0.1) is 24.6 Å². The molecule has 2 amide bonds. The highest BCUT2D eigenvalue weighted by Crippen LogP contribution is 2.35. The maximum Gasteiger partial charge on any atom is 0.433 e. The van der Waals surface area contributed by atoms with Gasteiger partial charge in [-0.15, -0.1) is 0 Å². The molecule has 6 N–H and O–H groups in total. The van der Waals surface area contributed by atoms with Crippen LogP contribution in [-0.4, -0.2) is 63.2 Å². The van der Waals surface area contributed by atoms with Gasteiger partial charge in [-0.1, -0.05) is 0 Å². The Kier molecular flexibility index (Phi) is 6.60. The van der Waals surface area contributed by atoms with Crippen LogP contribution in [0.5, 0.6) is 0 Å². The van der Waals surface area contributed by atoms with Gasteiger partial charge in [-0.25, -0.2) is 9.97 Å². The third kappa shape index (κ3) is 4.78. The Morgan fingerprint density at radius 3 is 2.31 bits per heavy atom. The third-order valence-corrected chi connectivity index (χ3v) is 4.48. The Balaban J connectivity index is 1.95. The molecule has 0 saturated carbocycles. The highest BCUT2D eigenvalue weighted by atomic mass is 19.4. The minimum Gasteiger partial charge on any atom is -0.395 e. The number of nitrogens with two attached hydrogens (primary N) is 1. The highest BCUT2D eigenvalue weighted by Gasteiger charge is 2.34. The number of amides is 2. The summed E-state index contributed by atoms with van der Waals surface area (Å²) >= 11 is 0. The molecule has 170 valence electrons. The lowest BCUT2D eigenvalue weighted by Crippen LogP contribution is -2.35. The quantitative estimate of drug-likeness (QED) is 0.383. The van der Waals surface area contributed by atoms with Crippen LogP contribution in [0.25, 0.3) is 5.57 Å². The number of benzene rings is 1. The second-order valence-electron chi connectivity index (χ2n) is 6.63. The number of nitrogens with zero attached hydrogens (tertiary/aromatic N) is 3. The minimum atomic E-state index is -4.74. The molecule has 0 atom stereocenters. The van der Waals surface area contributed by atoms with Gasteiger partial charge in [-0.05, 0) is 24.3 Å². The van der Waals surface area contributed by atoms with Crippen LogP contribution in [0.15, 0.2) is 36.3 Å². The number of carbonyl (C=O) groups excluding carboxylic acids is 2. The molecule has 13 heteroatoms. The van der Waals surface area contributed by atoms with Gasteiger partial charge in [-0.2, -0.15) is 13.2 Å². The van der Waals surface area contributed by atoms with Crippen molar-refractivity contribution in [1.29, 1.82) is 0 Å². The maximum atomic E-state index is 13.0. The molecule has 0 unspecified atom stereocenters. The molecule has 2 aromatic rings. The molecule has 0 bridgehead atoms. The fourth-order valence-electron chi connectivity index (χ4n) is 3.04. The van der Waals surface area contributed by atoms with E-state index in [1.165, 1.54) is 23.1 Å². The molecule has 3 rings (SSSR count). The number of hydrogen-bond acceptors (Lipinski definition) is 8. The van der Waals surface area contributed by atoms with E-state index >= 15 is 0 Å². The smallest absolute Gasteiger partial charge is 0.395 e. The van der Waals surface area contributed by atoms with E-state index in [-0.39, 0.29) is 37.7 Å². The van der Waals surface area contributed by atoms with Crippen molar-refractivity contribution in [3.05, 3.63) is 53.4 Å². The van der Waals surface area contributed by atoms with Crippen LogP contribution in [0.4, 0.5) is 24.5 Å². The van der Waals surface area contributed by atoms with Crippen LogP contribution in [0, 0.1) is 0 Å². The number of halogens is 3. The van der Waals surface area contributed by atoms with E-state index in [4.69, 9.17) is 15.9 Å². The van der Waals surface area contributed by atoms with Crippen molar-refractivity contribution in [3.8, 4) is 0 Å². The Morgan fingerprint density at radius 2 is 1.72 bits per heavy atom. The second-order valence-corrected chi connectivity index (χ2v) is 6.63. The van der Waals surface area contributed by atoms with Crippen molar-refractivity contribution in [2.45, 2.75) is 6.18 Å². The molecule has 0 radical (unpaired) electrons. The number of anilines is 2. The first-order valence-corrected chi connectivity index (χ1v) is 9.29. The normalized spacial score (nSPS) is 14.3. The molecule has 0 aliphatic carbocycles. The fraction of sp³-hybridized carbons (Fsp3) is 0.263. The topological polar surface area (TPSA) is 154 Å². The van der Waals surface area contributed by atoms with Gasteiger partial charge >= 0.3 is 6.18 Å². The first-order valence-electron chi connectivity index (χ1n) is 9.29. The summed E-state index contributed by atoms with van der Waals surface area (Å²) in [4.78, 5) is 33.1. The first-order chi connectivity index (χ1) is 15.2. The summed E-state index contributed by atoms with van der Waals surface area (Å²) in [6, 6.07) is 5.11. The summed E-state index contributed by atoms with van der Waals surface area (Å²) in [6.07, 6.45) is -3.88. The van der Waals surface area contributed by atoms with Gasteiger partial charge in [0.25, 0.3) is 11.8 Å². The van der Waals surface area contributed by atoms with E-state index in [1.54, 1.807) is 0 Å². The lowest BCUT2D eigenvalue weighted by molar-refractivity contribution is -0.141. The molecule has 32 heavy (non-hydrogen) atoms. The van der Waals surface area contributed by atoms with Crippen LogP contribution in [-0.2, 0) is 11.0 Å². The van der Waals surface area contributed by atoms with Crippen molar-refractivity contribution < 1.29 is 33.0 Å². The molecule has 0 fully saturated rings. The average Bonchev–Trinajstić information content (AvgIpc) is 3.15. The van der Waals surface area contributed by atoms with Gasteiger partial charge in [0, 0.05) is 24.8 Å². The average molecular weight is 452 g/mol. The van der Waals surface area contributed by atoms with Gasteiger partial charge in [0.15, 0.2) is 5.82 Å². The molecule has 2 heterocycles. The monoisotopic (exact) mass is 452 g/mol. The number of carbonyl (C=O) groups is 2. The Hall–Kier alpha value is -3.71. The largest absolute Gasteiger partial charge is 0.433 e. The number of hydrogen-bond donors (Lipinski definition) is 5. The van der Waals surface area contributed by atoms with Crippen LogP contribution in [0.3, 0.4) is 0 Å². The molecule has 0 spiro atoms. The van der Waals surface area contributed by atoms with Crippen LogP contribution < -0.4 is 16.4 Å². The zero-order chi connectivity index (χ0) is 23.5. The number of nitrogens with one attached hydrogen (secondary N) is 2. The van der Waals surface area contributed by atoms with E-state index in [0.717, 1.165) is 6.20 Å². The molecule has 1 aliphatic rings. The Bertz CT molecular complexity index is 1070. The Labute approximate surface area is 179 Å². The molecule has 10 nitrogen and oxygen atoms in total. The van der Waals surface area contributed by atoms with Crippen molar-refractivity contribution in [3.63, 3.8) is 0 Å². The first kappa shape index (κ1) is 23.0. The molecular weight excluding hydrogens is 433 g/mol. The summed E-state index contributed by atoms with van der Waals surface area (Å²) in [7, 11) is 0. The summed E-state index contributed by atoms with van der Waals surface area (Å²) < 4.78 is 39.0. The summed E-state index contributed by atoms with van der Waals surface area (Å²) in [5.41, 5.74) is 4.74. The third-order valence-electron chi connectivity index (χ3n) is 4.48. The predicted octanol–water partition coefficient (Wildman–Crippen LogP) is 0.614. The van der Waals surface area contributed by atoms with Crippen LogP contribution >= 0.6 is 0 Å². The van der Waals surface area contributed by atoms with Gasteiger partial charge in [0.2, 0.25) is 0 Å². The van der Waals surface area contributed by atoms with Crippen molar-refractivity contribution in [1.82, 2.24) is 14.9 Å². The molecule has 1 aliphatic heterocycles. The SMILES string of the molecule is NC(=O)/C(=C1\Nc2ccc(C(=O)N(CCO)CCO)cc2N1)c1nccc(C(F)(F)F)n1. The number of alkyl halides is 3. The van der Waals surface area contributed by atoms with E-state index in [9.17, 15) is 22.8 Å². The van der Waals surface area contributed by atoms with Crippen molar-refractivity contribution in [2.24, 2.45) is 5.73 Å². The minimum absolute atomic E-state index is 0.0199. The molecule has 1 aromatic carbocycles. The summed E-state index contributed by atoms with van der Waals surface area (Å²) in [6.45, 7) is -0.539. The van der Waals surface area contributed by atoms with E-state index in [1.807, 2.05) is 0 Å². The maximum absolute atomic E-state index is 13.0. The van der Waals surface area contributed by atoms with Crippen LogP contribution in [0.1, 0.15) is 21.9 Å². The standard InChI is InChI=1S/C19H19F3N6O4/c20-19(21,22)13-3-4-24-16(27-13)14(15(23)31)17-25-11-2-1-10(9-12(11)26-17)18(32)28(5-7-29)6-8-30/h1-4,9,25-26,29-30H,5-8H2,(H2,23,31)/b17-14-. The predicted molar refractivity (Wildman–Crippen MR) is 107 cm³/mol. The lowest BCUT2D eigenvalue weighted by atomic mass is 10.1. The van der Waals surface area contributed by atoms with Gasteiger partial charge in [0.1, 0.15) is 17.1 Å². The van der Waals surface area contributed by atoms with Gasteiger partial charge in [-0.3, -0.25) is 9.59 Å². The second kappa shape index (κ2) is 9.20. The summed E-state index contributed by atoms with van der Waals surface area (Å²) in [5.74, 6) is -2.09. The number of fused-ring (bicyclic) bond motifs is 1. The van der Waals surface area contributed by atoms with Gasteiger partial charge < -0.3 is 31.5 Å². The number of rotatable bonds is 7. The summed E-state index contributed by atoms with van der Waals surface area (Å²) in [5, 5.41) is 23.8. The zero-order valence-corrected chi connectivity index (χ0v) is 16.5. The zero-order valence-electron chi connectivity index (χ0n) is 16.5. The lowest BCUT2D eigenvalue weighted by Gasteiger charge is -2.20. The molecular formula is C19H19F3N6O4. The number of aliphatic hydroxyl groups excluding tert-OH is 2. The van der Waals surface area contributed by atoms with Crippen LogP contribution in [0.2, 0.25) is 0 Å². The highest BCUT2D eigenvalue weighted by molar-refractivity contribution is 6.20. The molecule has 1 aromatic heterocycles.